The zero-order valence-corrected chi connectivity index (χ0v) is 17.2. The van der Waals surface area contributed by atoms with E-state index in [-0.39, 0.29) is 17.2 Å². The van der Waals surface area contributed by atoms with Crippen LogP contribution in [-0.2, 0) is 0 Å². The Morgan fingerprint density at radius 2 is 2.11 bits per heavy atom. The van der Waals surface area contributed by atoms with Crippen molar-refractivity contribution in [3.05, 3.63) is 33.8 Å². The van der Waals surface area contributed by atoms with E-state index in [9.17, 15) is 9.59 Å². The lowest BCUT2D eigenvalue weighted by Crippen LogP contribution is -2.31. The molecule has 2 heterocycles. The third-order valence-electron chi connectivity index (χ3n) is 5.64. The van der Waals surface area contributed by atoms with Crippen molar-refractivity contribution in [3.8, 4) is 11.5 Å². The van der Waals surface area contributed by atoms with Crippen molar-refractivity contribution in [3.63, 3.8) is 0 Å². The lowest BCUT2D eigenvalue weighted by atomic mass is 10.1. The molecule has 2 atom stereocenters. The van der Waals surface area contributed by atoms with E-state index in [1.54, 1.807) is 17.5 Å². The van der Waals surface area contributed by atoms with E-state index in [1.807, 2.05) is 11.8 Å². The molecule has 1 aliphatic heterocycles. The third-order valence-corrected chi connectivity index (χ3v) is 6.42. The Kier molecular flexibility index (Phi) is 4.53. The molecule has 8 heteroatoms. The van der Waals surface area contributed by atoms with E-state index in [2.05, 4.69) is 17.2 Å². The van der Waals surface area contributed by atoms with Gasteiger partial charge in [0.15, 0.2) is 11.5 Å². The third kappa shape index (κ3) is 3.22. The number of piperidine rings is 1. The molecule has 1 aromatic carbocycles. The zero-order valence-electron chi connectivity index (χ0n) is 16.4. The van der Waals surface area contributed by atoms with Gasteiger partial charge in [-0.1, -0.05) is 6.92 Å². The predicted molar refractivity (Wildman–Crippen MR) is 106 cm³/mol. The van der Waals surface area contributed by atoms with Crippen LogP contribution in [0.1, 0.15) is 39.2 Å². The number of methoxy groups -OCH3 is 2. The van der Waals surface area contributed by atoms with Crippen LogP contribution in [0, 0.1) is 18.3 Å². The molecule has 2 aliphatic rings. The van der Waals surface area contributed by atoms with E-state index < -0.39 is 0 Å². The Labute approximate surface area is 167 Å². The molecule has 0 bridgehead atoms. The van der Waals surface area contributed by atoms with Crippen LogP contribution < -0.4 is 14.8 Å². The largest absolute Gasteiger partial charge is 0.493 e. The molecular formula is C20H23N3O4S. The summed E-state index contributed by atoms with van der Waals surface area (Å²) < 4.78 is 10.8. The first-order chi connectivity index (χ1) is 13.3. The maximum Gasteiger partial charge on any atom is 0.275 e. The van der Waals surface area contributed by atoms with Gasteiger partial charge in [-0.05, 0) is 36.8 Å². The number of carbonyl (C=O) groups is 2. The highest BCUT2D eigenvalue weighted by molar-refractivity contribution is 7.09. The zero-order chi connectivity index (χ0) is 20.1. The lowest BCUT2D eigenvalue weighted by molar-refractivity contribution is 0.0766. The molecule has 1 saturated heterocycles. The minimum Gasteiger partial charge on any atom is -0.493 e. The molecule has 28 heavy (non-hydrogen) atoms. The first-order valence-electron chi connectivity index (χ1n) is 9.13. The Balaban J connectivity index is 1.63. The first-order valence-corrected chi connectivity index (χ1v) is 10.0. The Bertz CT molecular complexity index is 957. The molecule has 2 amide bonds. The second-order valence-electron chi connectivity index (χ2n) is 7.71. The van der Waals surface area contributed by atoms with Gasteiger partial charge in [0.25, 0.3) is 11.8 Å². The number of ether oxygens (including phenoxy) is 2. The fourth-order valence-corrected chi connectivity index (χ4v) is 4.51. The summed E-state index contributed by atoms with van der Waals surface area (Å²) in [6.07, 6.45) is 1.19. The summed E-state index contributed by atoms with van der Waals surface area (Å²) in [6, 6.07) is 3.31. The van der Waals surface area contributed by atoms with Crippen LogP contribution in [0.25, 0.3) is 0 Å². The number of hydrogen-bond acceptors (Lipinski definition) is 6. The van der Waals surface area contributed by atoms with Crippen LogP contribution in [0.3, 0.4) is 0 Å². The number of amides is 2. The van der Waals surface area contributed by atoms with E-state index in [0.29, 0.717) is 34.4 Å². The molecule has 2 fully saturated rings. The minimum absolute atomic E-state index is 0.0608. The van der Waals surface area contributed by atoms with Gasteiger partial charge in [-0.3, -0.25) is 9.59 Å². The van der Waals surface area contributed by atoms with Gasteiger partial charge in [-0.2, -0.15) is 0 Å². The second-order valence-corrected chi connectivity index (χ2v) is 8.77. The molecule has 1 N–H and O–H groups in total. The quantitative estimate of drug-likeness (QED) is 0.832. The summed E-state index contributed by atoms with van der Waals surface area (Å²) in [5.41, 5.74) is 1.45. The van der Waals surface area contributed by atoms with E-state index in [1.165, 1.54) is 32.0 Å². The molecule has 0 spiro atoms. The normalized spacial score (nSPS) is 22.6. The predicted octanol–water partition coefficient (Wildman–Crippen LogP) is 3.20. The number of rotatable bonds is 5. The molecule has 0 unspecified atom stereocenters. The van der Waals surface area contributed by atoms with Crippen molar-refractivity contribution < 1.29 is 19.1 Å². The van der Waals surface area contributed by atoms with E-state index in [0.717, 1.165) is 18.1 Å². The smallest absolute Gasteiger partial charge is 0.275 e. The van der Waals surface area contributed by atoms with E-state index in [4.69, 9.17) is 9.47 Å². The highest BCUT2D eigenvalue weighted by Gasteiger charge is 2.57. The van der Waals surface area contributed by atoms with Crippen LogP contribution in [-0.4, -0.2) is 49.0 Å². The monoisotopic (exact) mass is 401 g/mol. The van der Waals surface area contributed by atoms with Gasteiger partial charge >= 0.3 is 0 Å². The highest BCUT2D eigenvalue weighted by atomic mass is 32.1. The van der Waals surface area contributed by atoms with Crippen molar-refractivity contribution in [2.75, 3.05) is 32.6 Å². The van der Waals surface area contributed by atoms with Crippen LogP contribution in [0.4, 0.5) is 5.69 Å². The van der Waals surface area contributed by atoms with Gasteiger partial charge in [0.1, 0.15) is 5.69 Å². The molecule has 148 valence electrons. The fourth-order valence-electron chi connectivity index (χ4n) is 3.92. The number of aryl methyl sites for hydroxylation is 1. The highest BCUT2D eigenvalue weighted by Crippen LogP contribution is 2.57. The molecule has 7 nitrogen and oxygen atoms in total. The van der Waals surface area contributed by atoms with Gasteiger partial charge < -0.3 is 19.7 Å². The molecule has 1 saturated carbocycles. The summed E-state index contributed by atoms with van der Waals surface area (Å²) in [7, 11) is 3.00. The summed E-state index contributed by atoms with van der Waals surface area (Å²) in [6.45, 7) is 5.61. The van der Waals surface area contributed by atoms with Crippen molar-refractivity contribution in [2.45, 2.75) is 20.3 Å². The average Bonchev–Trinajstić information content (AvgIpc) is 2.98. The second kappa shape index (κ2) is 6.77. The van der Waals surface area contributed by atoms with Crippen LogP contribution >= 0.6 is 11.3 Å². The molecule has 1 aliphatic carbocycles. The summed E-state index contributed by atoms with van der Waals surface area (Å²) in [4.78, 5) is 31.7. The SMILES string of the molecule is COc1cc(C(=O)N2C[C@@H]3C[C@]3(C)C2)cc(NC(=O)c2csc(C)n2)c1OC. The fraction of sp³-hybridized carbons (Fsp3) is 0.450. The van der Waals surface area contributed by atoms with Gasteiger partial charge in [0, 0.05) is 24.0 Å². The van der Waals surface area contributed by atoms with Crippen LogP contribution in [0.15, 0.2) is 17.5 Å². The first kappa shape index (κ1) is 18.7. The Morgan fingerprint density at radius 1 is 1.32 bits per heavy atom. The summed E-state index contributed by atoms with van der Waals surface area (Å²) in [5, 5.41) is 5.31. The number of benzene rings is 1. The van der Waals surface area contributed by atoms with Crippen molar-refractivity contribution in [1.29, 1.82) is 0 Å². The number of thiazole rings is 1. The molecule has 4 rings (SSSR count). The Morgan fingerprint density at radius 3 is 2.68 bits per heavy atom. The number of nitrogens with one attached hydrogen (secondary N) is 1. The maximum atomic E-state index is 13.0. The number of nitrogens with zero attached hydrogens (tertiary/aromatic N) is 2. The molecule has 0 radical (unpaired) electrons. The van der Waals surface area contributed by atoms with E-state index >= 15 is 0 Å². The molecule has 2 aromatic rings. The molecular weight excluding hydrogens is 378 g/mol. The van der Waals surface area contributed by atoms with Gasteiger partial charge in [0.05, 0.1) is 24.9 Å². The van der Waals surface area contributed by atoms with Crippen LogP contribution in [0.5, 0.6) is 11.5 Å². The van der Waals surface area contributed by atoms with Crippen molar-refractivity contribution in [1.82, 2.24) is 9.88 Å². The lowest BCUT2D eigenvalue weighted by Gasteiger charge is -2.21. The van der Waals surface area contributed by atoms with Crippen molar-refractivity contribution >= 4 is 28.8 Å². The number of hydrogen-bond donors (Lipinski definition) is 1. The van der Waals surface area contributed by atoms with Gasteiger partial charge in [-0.25, -0.2) is 4.98 Å². The maximum absolute atomic E-state index is 13.0. The van der Waals surface area contributed by atoms with Gasteiger partial charge in [0.2, 0.25) is 0 Å². The topological polar surface area (TPSA) is 80.8 Å². The number of likely N-dealkylation sites (tertiary alicyclic amines) is 1. The number of aromatic nitrogens is 1. The Hall–Kier alpha value is -2.61. The van der Waals surface area contributed by atoms with Crippen LogP contribution in [0.2, 0.25) is 0 Å². The number of anilines is 1. The minimum atomic E-state index is -0.357. The summed E-state index contributed by atoms with van der Waals surface area (Å²) in [5.74, 6) is 0.951. The number of carbonyl (C=O) groups excluding carboxylic acids is 2. The number of fused-ring (bicyclic) bond motifs is 1. The summed E-state index contributed by atoms with van der Waals surface area (Å²) >= 11 is 1.40. The average molecular weight is 401 g/mol. The standard InChI is InChI=1S/C20H23N3O4S/c1-11-21-15(9-28-11)18(24)22-14-5-12(6-16(26-3)17(14)27-4)19(25)23-8-13-7-20(13,2)10-23/h5-6,9,13H,7-8,10H2,1-4H3,(H,22,24)/t13-,20+/m0/s1. The van der Waals surface area contributed by atoms with Gasteiger partial charge in [-0.15, -0.1) is 11.3 Å². The molecule has 1 aromatic heterocycles. The van der Waals surface area contributed by atoms with Crippen molar-refractivity contribution in [2.24, 2.45) is 11.3 Å².